The van der Waals surface area contributed by atoms with Crippen molar-refractivity contribution in [1.29, 1.82) is 0 Å². The van der Waals surface area contributed by atoms with E-state index >= 15 is 0 Å². The van der Waals surface area contributed by atoms with Crippen LogP contribution in [0.2, 0.25) is 0 Å². The van der Waals surface area contributed by atoms with Crippen LogP contribution in [0.15, 0.2) is 255 Å². The van der Waals surface area contributed by atoms with Gasteiger partial charge in [0.05, 0.1) is 33.2 Å². The lowest BCUT2D eigenvalue weighted by Crippen LogP contribution is -2.33. The van der Waals surface area contributed by atoms with Gasteiger partial charge < -0.3 is 9.47 Å². The molecule has 3 aliphatic carbocycles. The van der Waals surface area contributed by atoms with Gasteiger partial charge in [0.25, 0.3) is 0 Å². The third kappa shape index (κ3) is 4.59. The molecular formula is C68H42N2. The lowest BCUT2D eigenvalue weighted by atomic mass is 9.65. The summed E-state index contributed by atoms with van der Waals surface area (Å²) in [7, 11) is 0. The van der Waals surface area contributed by atoms with E-state index in [9.17, 15) is 0 Å². The molecule has 1 aromatic heterocycles. The molecule has 0 saturated heterocycles. The molecule has 0 fully saturated rings. The molecule has 0 saturated carbocycles. The minimum atomic E-state index is -0.466. The van der Waals surface area contributed by atoms with Gasteiger partial charge in [-0.1, -0.05) is 212 Å². The quantitative estimate of drug-likeness (QED) is 0.171. The first-order valence-electron chi connectivity index (χ1n) is 24.5. The van der Waals surface area contributed by atoms with Crippen LogP contribution in [0.5, 0.6) is 0 Å². The number of fused-ring (bicyclic) bond motifs is 22. The van der Waals surface area contributed by atoms with Gasteiger partial charge in [-0.25, -0.2) is 0 Å². The summed E-state index contributed by atoms with van der Waals surface area (Å²) in [5.41, 5.74) is 27.0. The van der Waals surface area contributed by atoms with Crippen molar-refractivity contribution in [3.05, 3.63) is 299 Å². The van der Waals surface area contributed by atoms with Crippen LogP contribution in [-0.2, 0) is 10.8 Å². The first kappa shape index (κ1) is 38.0. The minimum Gasteiger partial charge on any atom is -0.310 e. The lowest BCUT2D eigenvalue weighted by molar-refractivity contribution is 0.748. The number of anilines is 3. The van der Waals surface area contributed by atoms with Gasteiger partial charge in [-0.05, 0) is 126 Å². The molecule has 12 aromatic rings. The van der Waals surface area contributed by atoms with Crippen molar-refractivity contribution in [2.24, 2.45) is 0 Å². The van der Waals surface area contributed by atoms with Gasteiger partial charge in [0.15, 0.2) is 0 Å². The van der Waals surface area contributed by atoms with E-state index in [1.165, 1.54) is 117 Å². The molecule has 0 radical (unpaired) electrons. The predicted molar refractivity (Wildman–Crippen MR) is 288 cm³/mol. The Balaban J connectivity index is 0.988. The molecule has 16 rings (SSSR count). The fourth-order valence-electron chi connectivity index (χ4n) is 13.9. The van der Waals surface area contributed by atoms with Gasteiger partial charge in [0.1, 0.15) is 0 Å². The summed E-state index contributed by atoms with van der Waals surface area (Å²) in [6.45, 7) is 0. The summed E-state index contributed by atoms with van der Waals surface area (Å²) in [4.78, 5) is 2.54. The van der Waals surface area contributed by atoms with Crippen molar-refractivity contribution in [3.8, 4) is 50.2 Å². The van der Waals surface area contributed by atoms with Gasteiger partial charge >= 0.3 is 0 Å². The molecule has 0 bridgehead atoms. The second-order valence-electron chi connectivity index (χ2n) is 19.4. The third-order valence-electron chi connectivity index (χ3n) is 16.4. The first-order valence-corrected chi connectivity index (χ1v) is 24.5. The van der Waals surface area contributed by atoms with Crippen molar-refractivity contribution in [3.63, 3.8) is 0 Å². The highest BCUT2D eigenvalue weighted by atomic mass is 15.1. The summed E-state index contributed by atoms with van der Waals surface area (Å²) in [5.74, 6) is 0. The van der Waals surface area contributed by atoms with E-state index in [2.05, 4.69) is 264 Å². The molecule has 324 valence electrons. The standard InChI is InChI=1S/C68H42N2/c1-2-19-43(20-3-1)44-21-16-22-45(41-44)69(64-38-18-35-60-65(64)52-27-8-13-33-58(52)67(60)54-29-9-4-23-47(54)48-24-5-10-30-55(48)67)46-39-40-62-53(42-46)51-28-17-36-61-66(51)70(62)63-37-15-14-34-59(63)68(61)56-31-11-6-25-49(56)50-26-7-12-32-57(50)68/h1-42H. The molecule has 70 heavy (non-hydrogen) atoms. The van der Waals surface area contributed by atoms with Crippen LogP contribution < -0.4 is 4.90 Å². The largest absolute Gasteiger partial charge is 0.310 e. The summed E-state index contributed by atoms with van der Waals surface area (Å²) < 4.78 is 2.56. The van der Waals surface area contributed by atoms with Gasteiger partial charge in [-0.3, -0.25) is 0 Å². The zero-order valence-corrected chi connectivity index (χ0v) is 38.1. The molecular weight excluding hydrogens is 845 g/mol. The monoisotopic (exact) mass is 886 g/mol. The predicted octanol–water partition coefficient (Wildman–Crippen LogP) is 16.9. The average Bonchev–Trinajstić information content (AvgIpc) is 4.13. The second kappa shape index (κ2) is 13.8. The van der Waals surface area contributed by atoms with Gasteiger partial charge in [0.2, 0.25) is 0 Å². The zero-order valence-electron chi connectivity index (χ0n) is 38.1. The van der Waals surface area contributed by atoms with E-state index in [4.69, 9.17) is 0 Å². The van der Waals surface area contributed by atoms with Crippen molar-refractivity contribution >= 4 is 38.9 Å². The first-order chi connectivity index (χ1) is 34.8. The molecule has 1 aliphatic heterocycles. The van der Waals surface area contributed by atoms with E-state index in [1.807, 2.05) is 0 Å². The van der Waals surface area contributed by atoms with Crippen molar-refractivity contribution in [2.45, 2.75) is 10.8 Å². The van der Waals surface area contributed by atoms with E-state index in [0.717, 1.165) is 17.1 Å². The molecule has 2 heteroatoms. The average molecular weight is 887 g/mol. The Kier molecular flexibility index (Phi) is 7.51. The van der Waals surface area contributed by atoms with Gasteiger partial charge in [-0.2, -0.15) is 0 Å². The van der Waals surface area contributed by atoms with Crippen LogP contribution in [0, 0.1) is 0 Å². The molecule has 0 N–H and O–H groups in total. The van der Waals surface area contributed by atoms with Gasteiger partial charge in [0, 0.05) is 27.7 Å². The van der Waals surface area contributed by atoms with Crippen molar-refractivity contribution < 1.29 is 0 Å². The highest BCUT2D eigenvalue weighted by Gasteiger charge is 2.53. The Morgan fingerprint density at radius 1 is 0.300 bits per heavy atom. The number of nitrogens with zero attached hydrogens (tertiary/aromatic N) is 2. The number of hydrogen-bond acceptors (Lipinski definition) is 1. The molecule has 0 atom stereocenters. The minimum absolute atomic E-state index is 0.462. The van der Waals surface area contributed by atoms with Crippen LogP contribution in [0.4, 0.5) is 17.1 Å². The van der Waals surface area contributed by atoms with E-state index in [-0.39, 0.29) is 0 Å². The summed E-state index contributed by atoms with van der Waals surface area (Å²) in [6, 6.07) is 95.9. The van der Waals surface area contributed by atoms with Crippen LogP contribution in [0.25, 0.3) is 72.0 Å². The zero-order chi connectivity index (χ0) is 45.7. The van der Waals surface area contributed by atoms with Crippen molar-refractivity contribution in [2.75, 3.05) is 4.90 Å². The number of rotatable bonds is 4. The Morgan fingerprint density at radius 2 is 0.771 bits per heavy atom. The smallest absolute Gasteiger partial charge is 0.0754 e. The Morgan fingerprint density at radius 3 is 1.43 bits per heavy atom. The summed E-state index contributed by atoms with van der Waals surface area (Å²) in [6.07, 6.45) is 0. The van der Waals surface area contributed by atoms with Crippen LogP contribution >= 0.6 is 0 Å². The second-order valence-corrected chi connectivity index (χ2v) is 19.4. The number of aromatic nitrogens is 1. The lowest BCUT2D eigenvalue weighted by Gasteiger charge is -2.39. The topological polar surface area (TPSA) is 8.17 Å². The van der Waals surface area contributed by atoms with E-state index < -0.39 is 10.8 Å². The molecule has 2 nitrogen and oxygen atoms in total. The summed E-state index contributed by atoms with van der Waals surface area (Å²) in [5, 5.41) is 2.48. The number of para-hydroxylation sites is 2. The molecule has 0 unspecified atom stereocenters. The third-order valence-corrected chi connectivity index (χ3v) is 16.4. The normalized spacial score (nSPS) is 14.2. The van der Waals surface area contributed by atoms with Crippen LogP contribution in [-0.4, -0.2) is 4.57 Å². The molecule has 2 heterocycles. The van der Waals surface area contributed by atoms with E-state index in [1.54, 1.807) is 0 Å². The van der Waals surface area contributed by atoms with Crippen LogP contribution in [0.3, 0.4) is 0 Å². The molecule has 4 aliphatic rings. The molecule has 2 spiro atoms. The van der Waals surface area contributed by atoms with E-state index in [0.29, 0.717) is 0 Å². The molecule has 0 amide bonds. The fourth-order valence-corrected chi connectivity index (χ4v) is 13.9. The highest BCUT2D eigenvalue weighted by Crippen LogP contribution is 2.65. The highest BCUT2D eigenvalue weighted by molar-refractivity contribution is 6.14. The maximum atomic E-state index is 2.56. The maximum absolute atomic E-state index is 2.56. The Bertz CT molecular complexity index is 4120. The SMILES string of the molecule is c1ccc(-c2cccc(N(c3ccc4c(c3)c3cccc5c3n4-c3ccccc3C53c4ccccc4-c4ccccc43)c3cccc4c3-c3ccccc3C43c4ccccc4-c4ccccc43)c2)cc1. The Hall–Kier alpha value is -8.98. The fraction of sp³-hybridized carbons (Fsp3) is 0.0294. The molecule has 11 aromatic carbocycles. The number of hydrogen-bond donors (Lipinski definition) is 0. The summed E-state index contributed by atoms with van der Waals surface area (Å²) >= 11 is 0. The number of benzene rings is 11. The van der Waals surface area contributed by atoms with Gasteiger partial charge in [-0.15, -0.1) is 0 Å². The van der Waals surface area contributed by atoms with Crippen molar-refractivity contribution in [1.82, 2.24) is 4.57 Å². The van der Waals surface area contributed by atoms with Crippen LogP contribution in [0.1, 0.15) is 44.5 Å². The maximum Gasteiger partial charge on any atom is 0.0754 e. The Labute approximate surface area is 406 Å².